The summed E-state index contributed by atoms with van der Waals surface area (Å²) in [5, 5.41) is 18.2. The maximum atomic E-state index is 13.0. The fraction of sp³-hybridized carbons (Fsp3) is 0.444. The van der Waals surface area contributed by atoms with Gasteiger partial charge in [0.25, 0.3) is 5.91 Å². The molecule has 26 heavy (non-hydrogen) atoms. The van der Waals surface area contributed by atoms with Gasteiger partial charge in [-0.05, 0) is 38.0 Å². The molecule has 0 saturated carbocycles. The highest BCUT2D eigenvalue weighted by Crippen LogP contribution is 2.31. The van der Waals surface area contributed by atoms with Gasteiger partial charge in [-0.1, -0.05) is 36.2 Å². The predicted molar refractivity (Wildman–Crippen MR) is 96.6 cm³/mol. The first kappa shape index (κ1) is 18.4. The Kier molecular flexibility index (Phi) is 5.00. The van der Waals surface area contributed by atoms with Crippen molar-refractivity contribution in [3.63, 3.8) is 0 Å². The molecular formula is C18H21ClN4O3. The normalized spacial score (nSPS) is 19.7. The molecule has 1 amide bonds. The number of aromatic nitrogens is 3. The summed E-state index contributed by atoms with van der Waals surface area (Å²) >= 11 is 6.07. The molecule has 1 aromatic carbocycles. The highest BCUT2D eigenvalue weighted by molar-refractivity contribution is 6.30. The number of carbonyl (C=O) groups is 2. The molecule has 2 aromatic rings. The zero-order chi connectivity index (χ0) is 18.9. The number of hydrogen-bond acceptors (Lipinski definition) is 4. The minimum absolute atomic E-state index is 0.177. The number of carbonyl (C=O) groups excluding carboxylic acids is 1. The number of likely N-dealkylation sites (tertiary alicyclic amines) is 1. The Labute approximate surface area is 156 Å². The van der Waals surface area contributed by atoms with Gasteiger partial charge in [-0.2, -0.15) is 0 Å². The maximum Gasteiger partial charge on any atom is 0.311 e. The maximum absolute atomic E-state index is 13.0. The van der Waals surface area contributed by atoms with E-state index in [9.17, 15) is 14.7 Å². The van der Waals surface area contributed by atoms with Gasteiger partial charge in [0.2, 0.25) is 0 Å². The first-order chi connectivity index (χ1) is 12.4. The van der Waals surface area contributed by atoms with Crippen molar-refractivity contribution in [1.29, 1.82) is 0 Å². The zero-order valence-electron chi connectivity index (χ0n) is 14.8. The molecule has 2 heterocycles. The molecule has 0 spiro atoms. The van der Waals surface area contributed by atoms with Crippen LogP contribution in [-0.2, 0) is 11.2 Å². The number of benzene rings is 1. The lowest BCUT2D eigenvalue weighted by molar-refractivity contribution is -0.147. The molecule has 1 aliphatic rings. The second kappa shape index (κ2) is 7.07. The Morgan fingerprint density at radius 2 is 2.15 bits per heavy atom. The standard InChI is InChI=1S/C18H21ClN4O3/c1-3-5-14-15(16(24)22-9-8-18(2,11-22)17(25)26)20-21-23(14)13-7-4-6-12(19)10-13/h4,6-7,10H,3,5,8-9,11H2,1-2H3,(H,25,26). The van der Waals surface area contributed by atoms with Crippen molar-refractivity contribution in [3.05, 3.63) is 40.7 Å². The number of carboxylic acids is 1. The van der Waals surface area contributed by atoms with Gasteiger partial charge < -0.3 is 10.0 Å². The molecule has 1 aromatic heterocycles. The van der Waals surface area contributed by atoms with Crippen molar-refractivity contribution in [2.45, 2.75) is 33.1 Å². The molecular weight excluding hydrogens is 356 g/mol. The summed E-state index contributed by atoms with van der Waals surface area (Å²) in [6, 6.07) is 7.20. The van der Waals surface area contributed by atoms with Crippen LogP contribution in [0.3, 0.4) is 0 Å². The molecule has 8 heteroatoms. The lowest BCUT2D eigenvalue weighted by atomic mass is 9.90. The van der Waals surface area contributed by atoms with Crippen LogP contribution in [0.4, 0.5) is 0 Å². The number of nitrogens with zero attached hydrogens (tertiary/aromatic N) is 4. The Morgan fingerprint density at radius 1 is 1.38 bits per heavy atom. The average Bonchev–Trinajstić information content (AvgIpc) is 3.20. The van der Waals surface area contributed by atoms with Gasteiger partial charge in [-0.15, -0.1) is 5.10 Å². The van der Waals surface area contributed by atoms with Gasteiger partial charge in [0.05, 0.1) is 16.8 Å². The van der Waals surface area contributed by atoms with Gasteiger partial charge in [-0.25, -0.2) is 4.68 Å². The molecule has 1 saturated heterocycles. The smallest absolute Gasteiger partial charge is 0.311 e. The molecule has 3 rings (SSSR count). The predicted octanol–water partition coefficient (Wildman–Crippen LogP) is 2.81. The van der Waals surface area contributed by atoms with Gasteiger partial charge in [0.1, 0.15) is 0 Å². The van der Waals surface area contributed by atoms with E-state index in [1.165, 1.54) is 0 Å². The van der Waals surface area contributed by atoms with Crippen LogP contribution in [0, 0.1) is 5.41 Å². The van der Waals surface area contributed by atoms with E-state index in [-0.39, 0.29) is 18.1 Å². The van der Waals surface area contributed by atoms with E-state index >= 15 is 0 Å². The van der Waals surface area contributed by atoms with Gasteiger partial charge in [0, 0.05) is 18.1 Å². The quantitative estimate of drug-likeness (QED) is 0.866. The second-order valence-corrected chi connectivity index (χ2v) is 7.31. The highest BCUT2D eigenvalue weighted by Gasteiger charge is 2.43. The molecule has 0 bridgehead atoms. The molecule has 0 radical (unpaired) electrons. The molecule has 1 aliphatic heterocycles. The van der Waals surface area contributed by atoms with E-state index in [4.69, 9.17) is 11.6 Å². The number of amides is 1. The van der Waals surface area contributed by atoms with Crippen LogP contribution in [0.2, 0.25) is 5.02 Å². The van der Waals surface area contributed by atoms with Gasteiger partial charge in [-0.3, -0.25) is 9.59 Å². The summed E-state index contributed by atoms with van der Waals surface area (Å²) in [5.41, 5.74) is 0.818. The van der Waals surface area contributed by atoms with Crippen molar-refractivity contribution < 1.29 is 14.7 Å². The monoisotopic (exact) mass is 376 g/mol. The van der Waals surface area contributed by atoms with Crippen LogP contribution in [0.1, 0.15) is 42.9 Å². The summed E-state index contributed by atoms with van der Waals surface area (Å²) < 4.78 is 1.63. The largest absolute Gasteiger partial charge is 0.481 e. The number of hydrogen-bond donors (Lipinski definition) is 1. The molecule has 7 nitrogen and oxygen atoms in total. The number of carboxylic acid groups (broad SMARTS) is 1. The fourth-order valence-electron chi connectivity index (χ4n) is 3.20. The Hall–Kier alpha value is -2.41. The van der Waals surface area contributed by atoms with Crippen molar-refractivity contribution in [2.75, 3.05) is 13.1 Å². The third-order valence-electron chi connectivity index (χ3n) is 4.78. The summed E-state index contributed by atoms with van der Waals surface area (Å²) in [4.78, 5) is 25.9. The van der Waals surface area contributed by atoms with Crippen LogP contribution in [-0.4, -0.2) is 50.0 Å². The third-order valence-corrected chi connectivity index (χ3v) is 5.02. The Balaban J connectivity index is 1.93. The van der Waals surface area contributed by atoms with Gasteiger partial charge >= 0.3 is 5.97 Å². The van der Waals surface area contributed by atoms with Crippen LogP contribution in [0.25, 0.3) is 5.69 Å². The van der Waals surface area contributed by atoms with E-state index in [2.05, 4.69) is 10.3 Å². The fourth-order valence-corrected chi connectivity index (χ4v) is 3.39. The first-order valence-electron chi connectivity index (χ1n) is 8.59. The van der Waals surface area contributed by atoms with Crippen molar-refractivity contribution in [1.82, 2.24) is 19.9 Å². The highest BCUT2D eigenvalue weighted by atomic mass is 35.5. The summed E-state index contributed by atoms with van der Waals surface area (Å²) in [6.07, 6.45) is 1.88. The lowest BCUT2D eigenvalue weighted by Crippen LogP contribution is -2.35. The van der Waals surface area contributed by atoms with E-state index in [0.717, 1.165) is 12.1 Å². The average molecular weight is 377 g/mol. The van der Waals surface area contributed by atoms with E-state index in [1.54, 1.807) is 28.6 Å². The second-order valence-electron chi connectivity index (χ2n) is 6.87. The van der Waals surface area contributed by atoms with Crippen LogP contribution in [0.15, 0.2) is 24.3 Å². The molecule has 1 unspecified atom stereocenters. The molecule has 1 fully saturated rings. The van der Waals surface area contributed by atoms with Crippen LogP contribution < -0.4 is 0 Å². The topological polar surface area (TPSA) is 88.3 Å². The third kappa shape index (κ3) is 3.31. The number of halogens is 1. The van der Waals surface area contributed by atoms with E-state index in [1.807, 2.05) is 19.1 Å². The summed E-state index contributed by atoms with van der Waals surface area (Å²) in [7, 11) is 0. The lowest BCUT2D eigenvalue weighted by Gasteiger charge is -2.19. The SMILES string of the molecule is CCCc1c(C(=O)N2CCC(C)(C(=O)O)C2)nnn1-c1cccc(Cl)c1. The molecule has 1 N–H and O–H groups in total. The molecule has 138 valence electrons. The molecule has 0 aliphatic carbocycles. The Morgan fingerprint density at radius 3 is 2.77 bits per heavy atom. The molecule has 1 atom stereocenters. The van der Waals surface area contributed by atoms with E-state index < -0.39 is 11.4 Å². The van der Waals surface area contributed by atoms with Crippen molar-refractivity contribution in [3.8, 4) is 5.69 Å². The van der Waals surface area contributed by atoms with E-state index in [0.29, 0.717) is 30.1 Å². The summed E-state index contributed by atoms with van der Waals surface area (Å²) in [5.74, 6) is -1.16. The van der Waals surface area contributed by atoms with Crippen LogP contribution in [0.5, 0.6) is 0 Å². The van der Waals surface area contributed by atoms with Gasteiger partial charge in [0.15, 0.2) is 5.69 Å². The van der Waals surface area contributed by atoms with Crippen molar-refractivity contribution >= 4 is 23.5 Å². The Bertz CT molecular complexity index is 851. The minimum Gasteiger partial charge on any atom is -0.481 e. The van der Waals surface area contributed by atoms with Crippen LogP contribution >= 0.6 is 11.6 Å². The summed E-state index contributed by atoms with van der Waals surface area (Å²) in [6.45, 7) is 4.26. The zero-order valence-corrected chi connectivity index (χ0v) is 15.5. The van der Waals surface area contributed by atoms with Crippen molar-refractivity contribution in [2.24, 2.45) is 5.41 Å². The number of rotatable bonds is 5. The number of aliphatic carboxylic acids is 1. The first-order valence-corrected chi connectivity index (χ1v) is 8.96. The minimum atomic E-state index is -0.913.